The van der Waals surface area contributed by atoms with Crippen LogP contribution in [0.5, 0.6) is 11.5 Å². The molecule has 2 aliphatic heterocycles. The summed E-state index contributed by atoms with van der Waals surface area (Å²) in [6.07, 6.45) is 4.33. The van der Waals surface area contributed by atoms with Crippen LogP contribution in [0, 0.1) is 5.41 Å². The van der Waals surface area contributed by atoms with Gasteiger partial charge in [0.25, 0.3) is 0 Å². The van der Waals surface area contributed by atoms with Crippen molar-refractivity contribution in [2.75, 3.05) is 39.5 Å². The highest BCUT2D eigenvalue weighted by Crippen LogP contribution is 2.33. The summed E-state index contributed by atoms with van der Waals surface area (Å²) in [5, 5.41) is 0. The predicted octanol–water partition coefficient (Wildman–Crippen LogP) is 3.13. The third-order valence-corrected chi connectivity index (χ3v) is 4.58. The lowest BCUT2D eigenvalue weighted by Crippen LogP contribution is -2.49. The van der Waals surface area contributed by atoms with Crippen LogP contribution >= 0.6 is 0 Å². The van der Waals surface area contributed by atoms with Gasteiger partial charge in [0.1, 0.15) is 12.7 Å². The Kier molecular flexibility index (Phi) is 5.23. The maximum absolute atomic E-state index is 6.09. The molecule has 0 N–H and O–H groups in total. The quantitative estimate of drug-likeness (QED) is 0.596. The van der Waals surface area contributed by atoms with E-state index in [1.807, 2.05) is 30.3 Å². The second kappa shape index (κ2) is 7.37. The Bertz CT molecular complexity index is 533. The third-order valence-electron chi connectivity index (χ3n) is 4.58. The highest BCUT2D eigenvalue weighted by molar-refractivity contribution is 5.40. The Hall–Kier alpha value is -1.52. The molecule has 0 bridgehead atoms. The second-order valence-corrected chi connectivity index (χ2v) is 6.95. The topological polar surface area (TPSA) is 30.9 Å². The van der Waals surface area contributed by atoms with Crippen LogP contribution in [0.4, 0.5) is 0 Å². The molecule has 2 heterocycles. The van der Waals surface area contributed by atoms with E-state index in [-0.39, 0.29) is 11.5 Å². The molecule has 126 valence electrons. The molecule has 0 amide bonds. The molecular weight excluding hydrogens is 290 g/mol. The molecule has 0 aromatic heterocycles. The third kappa shape index (κ3) is 4.27. The summed E-state index contributed by atoms with van der Waals surface area (Å²) in [7, 11) is 0. The Morgan fingerprint density at radius 2 is 2.22 bits per heavy atom. The van der Waals surface area contributed by atoms with Crippen molar-refractivity contribution in [2.24, 2.45) is 5.41 Å². The summed E-state index contributed by atoms with van der Waals surface area (Å²) in [5.41, 5.74) is 0.217. The predicted molar refractivity (Wildman–Crippen MR) is 91.2 cm³/mol. The van der Waals surface area contributed by atoms with Crippen molar-refractivity contribution in [2.45, 2.75) is 25.9 Å². The number of rotatable bonds is 6. The van der Waals surface area contributed by atoms with E-state index in [0.717, 1.165) is 37.7 Å². The average molecular weight is 317 g/mol. The van der Waals surface area contributed by atoms with Gasteiger partial charge in [-0.05, 0) is 31.5 Å². The Labute approximate surface area is 139 Å². The van der Waals surface area contributed by atoms with Gasteiger partial charge < -0.3 is 14.2 Å². The molecule has 0 aliphatic carbocycles. The number of fused-ring (bicyclic) bond motifs is 1. The van der Waals surface area contributed by atoms with Gasteiger partial charge in [0.05, 0.1) is 13.2 Å². The fraction of sp³-hybridized carbons (Fsp3) is 0.579. The molecule has 3 rings (SSSR count). The van der Waals surface area contributed by atoms with Gasteiger partial charge in [0.2, 0.25) is 0 Å². The van der Waals surface area contributed by atoms with Crippen LogP contribution < -0.4 is 9.47 Å². The minimum Gasteiger partial charge on any atom is -0.486 e. The van der Waals surface area contributed by atoms with Crippen molar-refractivity contribution in [1.29, 1.82) is 0 Å². The van der Waals surface area contributed by atoms with Crippen molar-refractivity contribution in [1.82, 2.24) is 4.90 Å². The van der Waals surface area contributed by atoms with E-state index in [0.29, 0.717) is 13.2 Å². The number of hydrogen-bond acceptors (Lipinski definition) is 4. The van der Waals surface area contributed by atoms with E-state index < -0.39 is 0 Å². The second-order valence-electron chi connectivity index (χ2n) is 6.95. The van der Waals surface area contributed by atoms with Gasteiger partial charge in [-0.3, -0.25) is 4.90 Å². The van der Waals surface area contributed by atoms with E-state index >= 15 is 0 Å². The van der Waals surface area contributed by atoms with Crippen LogP contribution in [0.1, 0.15) is 19.8 Å². The lowest BCUT2D eigenvalue weighted by Gasteiger charge is -2.41. The van der Waals surface area contributed by atoms with Crippen LogP contribution in [0.3, 0.4) is 0 Å². The van der Waals surface area contributed by atoms with Crippen LogP contribution in [0.15, 0.2) is 36.9 Å². The molecule has 1 saturated heterocycles. The van der Waals surface area contributed by atoms with Crippen LogP contribution in [-0.2, 0) is 4.74 Å². The van der Waals surface area contributed by atoms with Crippen LogP contribution in [-0.4, -0.2) is 50.5 Å². The molecule has 23 heavy (non-hydrogen) atoms. The highest BCUT2D eigenvalue weighted by atomic mass is 16.6. The van der Waals surface area contributed by atoms with Crippen molar-refractivity contribution in [3.63, 3.8) is 0 Å². The summed E-state index contributed by atoms with van der Waals surface area (Å²) in [4.78, 5) is 2.49. The Morgan fingerprint density at radius 3 is 3.04 bits per heavy atom. The van der Waals surface area contributed by atoms with Crippen LogP contribution in [0.2, 0.25) is 0 Å². The maximum Gasteiger partial charge on any atom is 0.161 e. The Morgan fingerprint density at radius 1 is 1.39 bits per heavy atom. The normalized spacial score (nSPS) is 27.6. The summed E-state index contributed by atoms with van der Waals surface area (Å²) in [6.45, 7) is 11.2. The monoisotopic (exact) mass is 317 g/mol. The smallest absolute Gasteiger partial charge is 0.161 e. The molecule has 1 aromatic rings. The minimum absolute atomic E-state index is 0.0985. The van der Waals surface area contributed by atoms with Crippen LogP contribution in [0.25, 0.3) is 0 Å². The summed E-state index contributed by atoms with van der Waals surface area (Å²) < 4.78 is 17.6. The summed E-state index contributed by atoms with van der Waals surface area (Å²) in [5.74, 6) is 1.71. The molecule has 2 aliphatic rings. The molecule has 0 saturated carbocycles. The zero-order chi connectivity index (χ0) is 16.1. The zero-order valence-electron chi connectivity index (χ0n) is 14.0. The van der Waals surface area contributed by atoms with Crippen molar-refractivity contribution in [3.8, 4) is 11.5 Å². The van der Waals surface area contributed by atoms with Gasteiger partial charge in [-0.2, -0.15) is 0 Å². The minimum atomic E-state index is 0.0985. The van der Waals surface area contributed by atoms with E-state index in [4.69, 9.17) is 14.2 Å². The van der Waals surface area contributed by atoms with Gasteiger partial charge in [-0.25, -0.2) is 0 Å². The molecule has 0 radical (unpaired) electrons. The first-order valence-electron chi connectivity index (χ1n) is 8.48. The Balaban J connectivity index is 1.53. The number of nitrogens with zero attached hydrogens (tertiary/aromatic N) is 1. The van der Waals surface area contributed by atoms with Crippen molar-refractivity contribution < 1.29 is 14.2 Å². The van der Waals surface area contributed by atoms with Gasteiger partial charge in [-0.1, -0.05) is 25.1 Å². The maximum atomic E-state index is 6.09. The largest absolute Gasteiger partial charge is 0.486 e. The van der Waals surface area contributed by atoms with E-state index in [9.17, 15) is 0 Å². The van der Waals surface area contributed by atoms with Gasteiger partial charge in [0, 0.05) is 18.5 Å². The van der Waals surface area contributed by atoms with E-state index in [1.165, 1.54) is 12.8 Å². The van der Waals surface area contributed by atoms with Gasteiger partial charge >= 0.3 is 0 Å². The fourth-order valence-electron chi connectivity index (χ4n) is 3.53. The zero-order valence-corrected chi connectivity index (χ0v) is 14.0. The molecule has 4 nitrogen and oxygen atoms in total. The number of ether oxygens (including phenoxy) is 3. The first-order valence-corrected chi connectivity index (χ1v) is 8.48. The fourth-order valence-corrected chi connectivity index (χ4v) is 3.53. The average Bonchev–Trinajstić information content (AvgIpc) is 2.55. The molecule has 1 aromatic carbocycles. The lowest BCUT2D eigenvalue weighted by molar-refractivity contribution is -0.00890. The molecular formula is C19H27NO3. The van der Waals surface area contributed by atoms with E-state index in [1.54, 1.807) is 0 Å². The molecule has 2 atom stereocenters. The molecule has 4 heteroatoms. The van der Waals surface area contributed by atoms with Crippen molar-refractivity contribution >= 4 is 0 Å². The first kappa shape index (κ1) is 16.3. The number of hydrogen-bond donors (Lipinski definition) is 0. The number of benzene rings is 1. The number of likely N-dealkylation sites (tertiary alicyclic amines) is 1. The standard InChI is InChI=1S/C19H27NO3/c1-3-11-21-15-19(2)9-6-10-20(14-19)12-16-13-22-17-7-4-5-8-18(17)23-16/h3-5,7-8,16H,1,6,9-15H2,2H3. The summed E-state index contributed by atoms with van der Waals surface area (Å²) >= 11 is 0. The van der Waals surface area contributed by atoms with Gasteiger partial charge in [0.15, 0.2) is 11.5 Å². The highest BCUT2D eigenvalue weighted by Gasteiger charge is 2.33. The SMILES string of the molecule is C=CCOCC1(C)CCCN(CC2COc3ccccc3O2)C1. The first-order chi connectivity index (χ1) is 11.2. The number of piperidine rings is 1. The molecule has 2 unspecified atom stereocenters. The lowest BCUT2D eigenvalue weighted by atomic mass is 9.82. The van der Waals surface area contributed by atoms with E-state index in [2.05, 4.69) is 18.4 Å². The van der Waals surface area contributed by atoms with Gasteiger partial charge in [-0.15, -0.1) is 6.58 Å². The molecule has 0 spiro atoms. The molecule has 1 fully saturated rings. The number of para-hydroxylation sites is 2. The summed E-state index contributed by atoms with van der Waals surface area (Å²) in [6, 6.07) is 7.90. The van der Waals surface area contributed by atoms with Crippen molar-refractivity contribution in [3.05, 3.63) is 36.9 Å².